The van der Waals surface area contributed by atoms with Crippen molar-refractivity contribution in [3.05, 3.63) is 35.4 Å². The van der Waals surface area contributed by atoms with E-state index in [0.29, 0.717) is 10.6 Å². The van der Waals surface area contributed by atoms with Crippen molar-refractivity contribution in [2.24, 2.45) is 5.73 Å². The van der Waals surface area contributed by atoms with Crippen LogP contribution in [0.1, 0.15) is 15.9 Å². The maximum absolute atomic E-state index is 11.3. The van der Waals surface area contributed by atoms with Crippen molar-refractivity contribution in [2.45, 2.75) is 6.92 Å². The van der Waals surface area contributed by atoms with Crippen LogP contribution < -0.4 is 16.2 Å². The zero-order valence-corrected chi connectivity index (χ0v) is 11.0. The third kappa shape index (κ3) is 2.04. The fraction of sp³-hybridized carbons (Fsp3) is 0.154. The molecule has 0 radical (unpaired) electrons. The van der Waals surface area contributed by atoms with Gasteiger partial charge in [0.05, 0.1) is 17.7 Å². The van der Waals surface area contributed by atoms with Gasteiger partial charge in [-0.15, -0.1) is 11.3 Å². The van der Waals surface area contributed by atoms with E-state index in [-0.39, 0.29) is 0 Å². The van der Waals surface area contributed by atoms with Crippen molar-refractivity contribution < 1.29 is 9.53 Å². The smallest absolute Gasteiger partial charge is 0.251 e. The van der Waals surface area contributed by atoms with E-state index in [9.17, 15) is 4.79 Å². The predicted molar refractivity (Wildman–Crippen MR) is 74.0 cm³/mol. The van der Waals surface area contributed by atoms with Gasteiger partial charge in [-0.1, -0.05) is 0 Å². The average molecular weight is 262 g/mol. The Morgan fingerprint density at radius 2 is 1.89 bits per heavy atom. The van der Waals surface area contributed by atoms with Crippen LogP contribution in [0.2, 0.25) is 0 Å². The van der Waals surface area contributed by atoms with Gasteiger partial charge in [-0.05, 0) is 42.3 Å². The first-order valence-electron chi connectivity index (χ1n) is 5.37. The third-order valence-electron chi connectivity index (χ3n) is 2.77. The summed E-state index contributed by atoms with van der Waals surface area (Å²) in [4.78, 5) is 12.3. The number of hydrogen-bond acceptors (Lipinski definition) is 4. The minimum Gasteiger partial charge on any atom is -0.497 e. The highest BCUT2D eigenvalue weighted by Gasteiger charge is 2.18. The van der Waals surface area contributed by atoms with Crippen LogP contribution in [0.4, 0.5) is 5.00 Å². The maximum atomic E-state index is 11.3. The van der Waals surface area contributed by atoms with E-state index in [2.05, 4.69) is 0 Å². The molecule has 1 amide bonds. The Balaban J connectivity index is 2.50. The van der Waals surface area contributed by atoms with E-state index < -0.39 is 5.91 Å². The molecule has 0 aliphatic heterocycles. The van der Waals surface area contributed by atoms with Crippen molar-refractivity contribution in [2.75, 3.05) is 12.8 Å². The molecule has 1 heterocycles. The van der Waals surface area contributed by atoms with Crippen LogP contribution in [0.5, 0.6) is 5.75 Å². The Morgan fingerprint density at radius 3 is 2.33 bits per heavy atom. The second-order valence-corrected chi connectivity index (χ2v) is 4.94. The topological polar surface area (TPSA) is 78.3 Å². The molecule has 0 bridgehead atoms. The Hall–Kier alpha value is -2.01. The summed E-state index contributed by atoms with van der Waals surface area (Å²) < 4.78 is 5.11. The van der Waals surface area contributed by atoms with Crippen molar-refractivity contribution in [1.82, 2.24) is 0 Å². The van der Waals surface area contributed by atoms with Gasteiger partial charge in [0, 0.05) is 4.88 Å². The van der Waals surface area contributed by atoms with Gasteiger partial charge >= 0.3 is 0 Å². The number of benzene rings is 1. The lowest BCUT2D eigenvalue weighted by Crippen LogP contribution is -2.13. The second kappa shape index (κ2) is 4.70. The molecule has 0 saturated heterocycles. The van der Waals surface area contributed by atoms with Crippen molar-refractivity contribution >= 4 is 22.2 Å². The Bertz CT molecular complexity index is 588. The van der Waals surface area contributed by atoms with Crippen molar-refractivity contribution in [1.29, 1.82) is 0 Å². The summed E-state index contributed by atoms with van der Waals surface area (Å²) in [5.41, 5.74) is 13.4. The normalized spacial score (nSPS) is 10.3. The Labute approximate surface area is 109 Å². The van der Waals surface area contributed by atoms with Crippen LogP contribution in [-0.4, -0.2) is 13.0 Å². The van der Waals surface area contributed by atoms with Gasteiger partial charge in [-0.3, -0.25) is 4.79 Å². The monoisotopic (exact) mass is 262 g/mol. The molecule has 0 aliphatic carbocycles. The molecule has 0 unspecified atom stereocenters. The molecule has 0 saturated carbocycles. The standard InChI is InChI=1S/C13H14N2O2S/c1-7-10(12(14)16)13(15)18-11(7)8-3-5-9(17-2)6-4-8/h3-6H,15H2,1-2H3,(H2,14,16). The number of primary amides is 1. The second-order valence-electron chi connectivity index (χ2n) is 3.89. The van der Waals surface area contributed by atoms with E-state index in [4.69, 9.17) is 16.2 Å². The lowest BCUT2D eigenvalue weighted by molar-refractivity contribution is 0.100. The van der Waals surface area contributed by atoms with Gasteiger partial charge in [-0.2, -0.15) is 0 Å². The van der Waals surface area contributed by atoms with E-state index >= 15 is 0 Å². The number of carbonyl (C=O) groups excluding carboxylic acids is 1. The van der Waals surface area contributed by atoms with Crippen LogP contribution in [0.3, 0.4) is 0 Å². The zero-order valence-electron chi connectivity index (χ0n) is 10.2. The van der Waals surface area contributed by atoms with Gasteiger partial charge < -0.3 is 16.2 Å². The zero-order chi connectivity index (χ0) is 13.3. The molecule has 0 fully saturated rings. The molecular weight excluding hydrogens is 248 g/mol. The number of methoxy groups -OCH3 is 1. The van der Waals surface area contributed by atoms with Gasteiger partial charge in [0.2, 0.25) is 0 Å². The summed E-state index contributed by atoms with van der Waals surface area (Å²) in [6, 6.07) is 7.60. The first-order valence-corrected chi connectivity index (χ1v) is 6.19. The summed E-state index contributed by atoms with van der Waals surface area (Å²) in [6.07, 6.45) is 0. The highest BCUT2D eigenvalue weighted by molar-refractivity contribution is 7.19. The van der Waals surface area contributed by atoms with E-state index in [0.717, 1.165) is 21.8 Å². The van der Waals surface area contributed by atoms with Crippen LogP contribution >= 0.6 is 11.3 Å². The summed E-state index contributed by atoms with van der Waals surface area (Å²) in [5, 5.41) is 0.464. The SMILES string of the molecule is COc1ccc(-c2sc(N)c(C(N)=O)c2C)cc1. The fourth-order valence-electron chi connectivity index (χ4n) is 1.86. The first-order chi connectivity index (χ1) is 8.54. The fourth-order valence-corrected chi connectivity index (χ4v) is 2.94. The molecule has 4 nitrogen and oxygen atoms in total. The number of hydrogen-bond donors (Lipinski definition) is 2. The van der Waals surface area contributed by atoms with Crippen molar-refractivity contribution in [3.8, 4) is 16.2 Å². The van der Waals surface area contributed by atoms with Crippen molar-refractivity contribution in [3.63, 3.8) is 0 Å². The number of amides is 1. The molecule has 2 aromatic rings. The molecule has 94 valence electrons. The largest absolute Gasteiger partial charge is 0.497 e. The molecular formula is C13H14N2O2S. The number of nitrogens with two attached hydrogens (primary N) is 2. The quantitative estimate of drug-likeness (QED) is 0.891. The first kappa shape index (κ1) is 12.4. The summed E-state index contributed by atoms with van der Waals surface area (Å²) in [5.74, 6) is 0.303. The number of ether oxygens (including phenoxy) is 1. The number of anilines is 1. The Morgan fingerprint density at radius 1 is 1.28 bits per heavy atom. The minimum absolute atomic E-state index is 0.422. The average Bonchev–Trinajstić information content (AvgIpc) is 2.65. The molecule has 1 aromatic carbocycles. The van der Waals surface area contributed by atoms with Crippen LogP contribution in [-0.2, 0) is 0 Å². The predicted octanol–water partition coefficient (Wildman–Crippen LogP) is 2.41. The van der Waals surface area contributed by atoms with Gasteiger partial charge in [-0.25, -0.2) is 0 Å². The molecule has 2 rings (SSSR count). The summed E-state index contributed by atoms with van der Waals surface area (Å²) in [6.45, 7) is 1.85. The minimum atomic E-state index is -0.485. The molecule has 1 aromatic heterocycles. The molecule has 4 N–H and O–H groups in total. The third-order valence-corrected chi connectivity index (χ3v) is 3.94. The number of rotatable bonds is 3. The van der Waals surface area contributed by atoms with E-state index in [1.807, 2.05) is 31.2 Å². The maximum Gasteiger partial charge on any atom is 0.251 e. The van der Waals surface area contributed by atoms with Gasteiger partial charge in [0.15, 0.2) is 0 Å². The Kier molecular flexibility index (Phi) is 3.25. The molecule has 18 heavy (non-hydrogen) atoms. The summed E-state index contributed by atoms with van der Waals surface area (Å²) >= 11 is 1.37. The molecule has 5 heteroatoms. The van der Waals surface area contributed by atoms with Crippen LogP contribution in [0, 0.1) is 6.92 Å². The lowest BCUT2D eigenvalue weighted by atomic mass is 10.1. The van der Waals surface area contributed by atoms with Crippen LogP contribution in [0.25, 0.3) is 10.4 Å². The highest BCUT2D eigenvalue weighted by atomic mass is 32.1. The number of thiophene rings is 1. The molecule has 0 aliphatic rings. The lowest BCUT2D eigenvalue weighted by Gasteiger charge is -2.03. The number of carbonyl (C=O) groups is 1. The van der Waals surface area contributed by atoms with Gasteiger partial charge in [0.25, 0.3) is 5.91 Å². The molecule has 0 atom stereocenters. The van der Waals surface area contributed by atoms with E-state index in [1.165, 1.54) is 11.3 Å². The highest BCUT2D eigenvalue weighted by Crippen LogP contribution is 2.38. The molecule has 0 spiro atoms. The summed E-state index contributed by atoms with van der Waals surface area (Å²) in [7, 11) is 1.62. The van der Waals surface area contributed by atoms with E-state index in [1.54, 1.807) is 7.11 Å². The van der Waals surface area contributed by atoms with Gasteiger partial charge in [0.1, 0.15) is 5.75 Å². The number of nitrogen functional groups attached to an aromatic ring is 1. The van der Waals surface area contributed by atoms with Crippen LogP contribution in [0.15, 0.2) is 24.3 Å².